The Morgan fingerprint density at radius 2 is 1.71 bits per heavy atom. The lowest BCUT2D eigenvalue weighted by Crippen LogP contribution is -2.03. The zero-order valence-electron chi connectivity index (χ0n) is 15.4. The number of nitrogens with zero attached hydrogens (tertiary/aromatic N) is 1. The zero-order valence-corrected chi connectivity index (χ0v) is 16.2. The highest BCUT2D eigenvalue weighted by atomic mass is 32.2. The lowest BCUT2D eigenvalue weighted by molar-refractivity contribution is 0.306. The van der Waals surface area contributed by atoms with Gasteiger partial charge in [0.15, 0.2) is 0 Å². The molecule has 0 saturated carbocycles. The molecular formula is C23H19NO3S. The molecule has 4 nitrogen and oxygen atoms in total. The van der Waals surface area contributed by atoms with Gasteiger partial charge in [0.05, 0.1) is 4.90 Å². The van der Waals surface area contributed by atoms with Gasteiger partial charge in [-0.3, -0.25) is 0 Å². The monoisotopic (exact) mass is 389 g/mol. The van der Waals surface area contributed by atoms with Gasteiger partial charge in [-0.25, -0.2) is 8.42 Å². The van der Waals surface area contributed by atoms with Crippen molar-refractivity contribution in [1.29, 1.82) is 5.26 Å². The normalized spacial score (nSPS) is 11.6. The molecule has 0 N–H and O–H groups in total. The summed E-state index contributed by atoms with van der Waals surface area (Å²) >= 11 is 0. The van der Waals surface area contributed by atoms with E-state index in [1.165, 1.54) is 23.8 Å². The molecule has 0 fully saturated rings. The highest BCUT2D eigenvalue weighted by molar-refractivity contribution is 7.95. The Balaban J connectivity index is 1.82. The van der Waals surface area contributed by atoms with Crippen molar-refractivity contribution in [2.45, 2.75) is 18.4 Å². The number of hydrogen-bond acceptors (Lipinski definition) is 4. The molecule has 0 saturated heterocycles. The Labute approximate surface area is 165 Å². The van der Waals surface area contributed by atoms with E-state index in [9.17, 15) is 13.7 Å². The Morgan fingerprint density at radius 1 is 1.00 bits per heavy atom. The van der Waals surface area contributed by atoms with Gasteiger partial charge in [-0.05, 0) is 48.4 Å². The van der Waals surface area contributed by atoms with Gasteiger partial charge in [0.25, 0.3) is 0 Å². The van der Waals surface area contributed by atoms with Crippen LogP contribution in [0.3, 0.4) is 0 Å². The molecule has 0 heterocycles. The molecule has 0 aliphatic rings. The van der Waals surface area contributed by atoms with Gasteiger partial charge >= 0.3 is 0 Å². The molecule has 3 aromatic carbocycles. The molecule has 0 atom stereocenters. The number of ether oxygens (including phenoxy) is 1. The van der Waals surface area contributed by atoms with Gasteiger partial charge in [0, 0.05) is 0 Å². The molecule has 5 heteroatoms. The van der Waals surface area contributed by atoms with Crippen LogP contribution in [-0.2, 0) is 16.4 Å². The first kappa shape index (κ1) is 19.4. The molecule has 3 aromatic rings. The molecule has 0 amide bonds. The average molecular weight is 389 g/mol. The van der Waals surface area contributed by atoms with Crippen molar-refractivity contribution >= 4 is 15.9 Å². The minimum Gasteiger partial charge on any atom is -0.489 e. The van der Waals surface area contributed by atoms with Gasteiger partial charge < -0.3 is 4.74 Å². The SMILES string of the molecule is Cc1ccc(COc2cccc(/C=C(\C#N)S(=O)(=O)c3ccccc3)c2)cc1. The van der Waals surface area contributed by atoms with Crippen molar-refractivity contribution in [2.24, 2.45) is 0 Å². The molecule has 0 aliphatic heterocycles. The Hall–Kier alpha value is -3.36. The summed E-state index contributed by atoms with van der Waals surface area (Å²) in [6.07, 6.45) is 1.36. The molecule has 0 bridgehead atoms. The number of nitriles is 1. The van der Waals surface area contributed by atoms with E-state index in [0.717, 1.165) is 5.56 Å². The van der Waals surface area contributed by atoms with Gasteiger partial charge in [-0.2, -0.15) is 5.26 Å². The van der Waals surface area contributed by atoms with Crippen molar-refractivity contribution in [1.82, 2.24) is 0 Å². The number of allylic oxidation sites excluding steroid dienone is 1. The second-order valence-corrected chi connectivity index (χ2v) is 8.20. The van der Waals surface area contributed by atoms with Crippen molar-refractivity contribution < 1.29 is 13.2 Å². The minimum absolute atomic E-state index is 0.0922. The van der Waals surface area contributed by atoms with Crippen molar-refractivity contribution in [3.8, 4) is 11.8 Å². The molecule has 140 valence electrons. The second-order valence-electron chi connectivity index (χ2n) is 6.28. The molecule has 28 heavy (non-hydrogen) atoms. The van der Waals surface area contributed by atoms with Gasteiger partial charge in [-0.15, -0.1) is 0 Å². The van der Waals surface area contributed by atoms with Crippen LogP contribution in [0.1, 0.15) is 16.7 Å². The zero-order chi connectivity index (χ0) is 20.0. The fraction of sp³-hybridized carbons (Fsp3) is 0.0870. The van der Waals surface area contributed by atoms with E-state index in [1.54, 1.807) is 48.5 Å². The minimum atomic E-state index is -3.86. The lowest BCUT2D eigenvalue weighted by Gasteiger charge is -2.08. The average Bonchev–Trinajstić information content (AvgIpc) is 2.72. The summed E-state index contributed by atoms with van der Waals surface area (Å²) in [6.45, 7) is 2.43. The third kappa shape index (κ3) is 4.67. The summed E-state index contributed by atoms with van der Waals surface area (Å²) in [7, 11) is -3.86. The van der Waals surface area contributed by atoms with Gasteiger partial charge in [0.2, 0.25) is 9.84 Å². The Morgan fingerprint density at radius 3 is 2.39 bits per heavy atom. The summed E-state index contributed by atoms with van der Waals surface area (Å²) < 4.78 is 31.1. The first-order valence-corrected chi connectivity index (χ1v) is 10.2. The highest BCUT2D eigenvalue weighted by Crippen LogP contribution is 2.23. The molecular weight excluding hydrogens is 370 g/mol. The Bertz CT molecular complexity index is 1130. The van der Waals surface area contributed by atoms with E-state index in [0.29, 0.717) is 17.9 Å². The molecule has 0 aromatic heterocycles. The maximum atomic E-state index is 12.7. The van der Waals surface area contributed by atoms with Crippen LogP contribution in [0, 0.1) is 18.3 Å². The first-order valence-electron chi connectivity index (χ1n) is 8.69. The summed E-state index contributed by atoms with van der Waals surface area (Å²) in [4.78, 5) is -0.219. The standard InChI is InChI=1S/C23H19NO3S/c1-18-10-12-19(13-11-18)17-27-21-7-5-6-20(14-21)15-23(16-24)28(25,26)22-8-3-2-4-9-22/h2-15H,17H2,1H3/b23-15+. The number of hydrogen-bond donors (Lipinski definition) is 0. The fourth-order valence-corrected chi connectivity index (χ4v) is 3.77. The third-order valence-corrected chi connectivity index (χ3v) is 5.82. The summed E-state index contributed by atoms with van der Waals surface area (Å²) in [6, 6.07) is 24.8. The van der Waals surface area contributed by atoms with Gasteiger partial charge in [0.1, 0.15) is 23.3 Å². The molecule has 3 rings (SSSR count). The fourth-order valence-electron chi connectivity index (χ4n) is 2.59. The molecule has 0 unspecified atom stereocenters. The highest BCUT2D eigenvalue weighted by Gasteiger charge is 2.20. The summed E-state index contributed by atoms with van der Waals surface area (Å²) in [5, 5.41) is 9.40. The smallest absolute Gasteiger partial charge is 0.216 e. The summed E-state index contributed by atoms with van der Waals surface area (Å²) in [5.41, 5.74) is 2.80. The van der Waals surface area contributed by atoms with E-state index in [2.05, 4.69) is 0 Å². The predicted octanol–water partition coefficient (Wildman–Crippen LogP) is 4.91. The van der Waals surface area contributed by atoms with Crippen LogP contribution in [-0.4, -0.2) is 8.42 Å². The topological polar surface area (TPSA) is 67.2 Å². The van der Waals surface area contributed by atoms with Crippen LogP contribution < -0.4 is 4.74 Å². The van der Waals surface area contributed by atoms with E-state index in [-0.39, 0.29) is 9.80 Å². The van der Waals surface area contributed by atoms with Crippen LogP contribution in [0.2, 0.25) is 0 Å². The number of benzene rings is 3. The van der Waals surface area contributed by atoms with Crippen LogP contribution in [0.5, 0.6) is 5.75 Å². The van der Waals surface area contributed by atoms with Crippen molar-refractivity contribution in [3.63, 3.8) is 0 Å². The molecule has 0 aliphatic carbocycles. The van der Waals surface area contributed by atoms with E-state index in [4.69, 9.17) is 4.74 Å². The van der Waals surface area contributed by atoms with Crippen LogP contribution in [0.25, 0.3) is 6.08 Å². The number of sulfone groups is 1. The Kier molecular flexibility index (Phi) is 5.93. The number of aryl methyl sites for hydroxylation is 1. The van der Waals surface area contributed by atoms with E-state index >= 15 is 0 Å². The lowest BCUT2D eigenvalue weighted by atomic mass is 10.1. The maximum absolute atomic E-state index is 12.7. The van der Waals surface area contributed by atoms with E-state index in [1.807, 2.05) is 31.2 Å². The van der Waals surface area contributed by atoms with Crippen molar-refractivity contribution in [3.05, 3.63) is 100 Å². The largest absolute Gasteiger partial charge is 0.489 e. The second kappa shape index (κ2) is 8.55. The molecule has 0 spiro atoms. The summed E-state index contributed by atoms with van der Waals surface area (Å²) in [5.74, 6) is 0.601. The van der Waals surface area contributed by atoms with Crippen LogP contribution >= 0.6 is 0 Å². The van der Waals surface area contributed by atoms with Crippen LogP contribution in [0.15, 0.2) is 88.7 Å². The van der Waals surface area contributed by atoms with Crippen molar-refractivity contribution in [2.75, 3.05) is 0 Å². The maximum Gasteiger partial charge on any atom is 0.216 e. The van der Waals surface area contributed by atoms with Crippen LogP contribution in [0.4, 0.5) is 0 Å². The quantitative estimate of drug-likeness (QED) is 0.562. The number of rotatable bonds is 6. The predicted molar refractivity (Wildman–Crippen MR) is 109 cm³/mol. The third-order valence-electron chi connectivity index (χ3n) is 4.14. The van der Waals surface area contributed by atoms with E-state index < -0.39 is 9.84 Å². The first-order chi connectivity index (χ1) is 13.5. The molecule has 0 radical (unpaired) electrons. The van der Waals surface area contributed by atoms with Gasteiger partial charge in [-0.1, -0.05) is 60.2 Å².